The molecule has 2 N–H and O–H groups in total. The maximum Gasteiger partial charge on any atom is 0.132 e. The number of nitrogens with one attached hydrogen (secondary N) is 2. The fraction of sp³-hybridized carbons (Fsp3) is 0.500. The molecule has 0 radical (unpaired) electrons. The molecule has 1 aliphatic carbocycles. The average molecular weight is 338 g/mol. The maximum absolute atomic E-state index is 5.32. The first-order chi connectivity index (χ1) is 12.3. The molecule has 1 saturated carbocycles. The van der Waals surface area contributed by atoms with Crippen molar-refractivity contribution < 1.29 is 4.74 Å². The van der Waals surface area contributed by atoms with Crippen molar-refractivity contribution in [2.75, 3.05) is 25.5 Å². The number of nitrogens with zero attached hydrogens (tertiary/aromatic N) is 2. The molecule has 5 heteroatoms. The second kappa shape index (κ2) is 7.00. The van der Waals surface area contributed by atoms with Gasteiger partial charge >= 0.3 is 0 Å². The molecule has 2 aliphatic rings. The maximum atomic E-state index is 5.32. The van der Waals surface area contributed by atoms with E-state index in [0.29, 0.717) is 0 Å². The summed E-state index contributed by atoms with van der Waals surface area (Å²) in [5.41, 5.74) is 4.01. The molecule has 132 valence electrons. The van der Waals surface area contributed by atoms with Crippen molar-refractivity contribution in [1.29, 1.82) is 0 Å². The van der Waals surface area contributed by atoms with Gasteiger partial charge in [-0.25, -0.2) is 9.97 Å². The Labute approximate surface area is 149 Å². The van der Waals surface area contributed by atoms with Gasteiger partial charge in [-0.15, -0.1) is 0 Å². The number of benzene rings is 1. The number of hydrogen-bond donors (Lipinski definition) is 2. The predicted octanol–water partition coefficient (Wildman–Crippen LogP) is 3.05. The van der Waals surface area contributed by atoms with Gasteiger partial charge in [-0.2, -0.15) is 0 Å². The van der Waals surface area contributed by atoms with E-state index >= 15 is 0 Å². The number of hydrogen-bond acceptors (Lipinski definition) is 5. The first kappa shape index (κ1) is 16.3. The summed E-state index contributed by atoms with van der Waals surface area (Å²) in [6.07, 6.45) is 7.71. The van der Waals surface area contributed by atoms with Crippen LogP contribution in [0.1, 0.15) is 42.5 Å². The summed E-state index contributed by atoms with van der Waals surface area (Å²) in [4.78, 5) is 8.96. The standard InChI is InChI=1S/C20H26N4O/c1-25-16-6-4-15(5-7-16)20(9-2-3-10-20)13-22-19-17-8-11-21-12-18(17)23-14-24-19/h4-7,14,21H,2-3,8-13H2,1H3,(H,22,23,24). The highest BCUT2D eigenvalue weighted by molar-refractivity contribution is 5.48. The third-order valence-electron chi connectivity index (χ3n) is 5.74. The lowest BCUT2D eigenvalue weighted by Crippen LogP contribution is -2.33. The summed E-state index contributed by atoms with van der Waals surface area (Å²) in [5, 5.41) is 7.05. The van der Waals surface area contributed by atoms with Crippen LogP contribution in [0.3, 0.4) is 0 Å². The quantitative estimate of drug-likeness (QED) is 0.877. The van der Waals surface area contributed by atoms with E-state index in [1.54, 1.807) is 13.4 Å². The summed E-state index contributed by atoms with van der Waals surface area (Å²) in [7, 11) is 1.72. The van der Waals surface area contributed by atoms with Gasteiger partial charge in [-0.3, -0.25) is 0 Å². The van der Waals surface area contributed by atoms with E-state index in [9.17, 15) is 0 Å². The van der Waals surface area contributed by atoms with E-state index in [4.69, 9.17) is 4.74 Å². The van der Waals surface area contributed by atoms with Crippen LogP contribution in [0.4, 0.5) is 5.82 Å². The molecule has 0 atom stereocenters. The van der Waals surface area contributed by atoms with Crippen molar-refractivity contribution in [3.8, 4) is 5.75 Å². The first-order valence-corrected chi connectivity index (χ1v) is 9.23. The highest BCUT2D eigenvalue weighted by Gasteiger charge is 2.35. The molecule has 0 amide bonds. The summed E-state index contributed by atoms with van der Waals surface area (Å²) in [6, 6.07) is 8.61. The Hall–Kier alpha value is -2.14. The molecule has 0 spiro atoms. The van der Waals surface area contributed by atoms with Crippen LogP contribution < -0.4 is 15.4 Å². The minimum Gasteiger partial charge on any atom is -0.497 e. The monoisotopic (exact) mass is 338 g/mol. The number of methoxy groups -OCH3 is 1. The van der Waals surface area contributed by atoms with Gasteiger partial charge in [-0.05, 0) is 43.5 Å². The fourth-order valence-electron chi connectivity index (χ4n) is 4.25. The number of ether oxygens (including phenoxy) is 1. The Morgan fingerprint density at radius 2 is 1.96 bits per heavy atom. The van der Waals surface area contributed by atoms with E-state index in [1.807, 2.05) is 0 Å². The zero-order valence-corrected chi connectivity index (χ0v) is 14.8. The SMILES string of the molecule is COc1ccc(C2(CNc3ncnc4c3CCNC4)CCCC2)cc1. The van der Waals surface area contributed by atoms with Crippen molar-refractivity contribution in [3.05, 3.63) is 47.4 Å². The van der Waals surface area contributed by atoms with Crippen LogP contribution in [0.15, 0.2) is 30.6 Å². The highest BCUT2D eigenvalue weighted by Crippen LogP contribution is 2.41. The van der Waals surface area contributed by atoms with Crippen LogP contribution in [0.5, 0.6) is 5.75 Å². The fourth-order valence-corrected chi connectivity index (χ4v) is 4.25. The van der Waals surface area contributed by atoms with E-state index in [1.165, 1.54) is 36.8 Å². The molecule has 2 aromatic rings. The van der Waals surface area contributed by atoms with Gasteiger partial charge < -0.3 is 15.4 Å². The lowest BCUT2D eigenvalue weighted by molar-refractivity contribution is 0.413. The average Bonchev–Trinajstić information content (AvgIpc) is 3.16. The third-order valence-corrected chi connectivity index (χ3v) is 5.74. The second-order valence-electron chi connectivity index (χ2n) is 7.14. The summed E-state index contributed by atoms with van der Waals surface area (Å²) < 4.78 is 5.32. The van der Waals surface area contributed by atoms with Crippen molar-refractivity contribution in [2.45, 2.75) is 44.1 Å². The smallest absolute Gasteiger partial charge is 0.132 e. The molecule has 2 heterocycles. The second-order valence-corrected chi connectivity index (χ2v) is 7.14. The largest absolute Gasteiger partial charge is 0.497 e. The topological polar surface area (TPSA) is 59.1 Å². The van der Waals surface area contributed by atoms with Gasteiger partial charge in [0.15, 0.2) is 0 Å². The Morgan fingerprint density at radius 3 is 2.72 bits per heavy atom. The molecular weight excluding hydrogens is 312 g/mol. The molecule has 0 bridgehead atoms. The van der Waals surface area contributed by atoms with Gasteiger partial charge in [0.25, 0.3) is 0 Å². The van der Waals surface area contributed by atoms with Crippen LogP contribution in [0.2, 0.25) is 0 Å². The third kappa shape index (κ3) is 3.21. The zero-order chi connectivity index (χ0) is 17.1. The van der Waals surface area contributed by atoms with Gasteiger partial charge in [0.05, 0.1) is 12.8 Å². The van der Waals surface area contributed by atoms with Gasteiger partial charge in [0, 0.05) is 24.1 Å². The molecule has 1 fully saturated rings. The lowest BCUT2D eigenvalue weighted by atomic mass is 9.78. The van der Waals surface area contributed by atoms with E-state index in [0.717, 1.165) is 43.3 Å². The highest BCUT2D eigenvalue weighted by atomic mass is 16.5. The number of anilines is 1. The van der Waals surface area contributed by atoms with Crippen LogP contribution in [0, 0.1) is 0 Å². The first-order valence-electron chi connectivity index (χ1n) is 9.23. The molecule has 5 nitrogen and oxygen atoms in total. The molecule has 1 aliphatic heterocycles. The molecule has 25 heavy (non-hydrogen) atoms. The number of aromatic nitrogens is 2. The predicted molar refractivity (Wildman–Crippen MR) is 99.1 cm³/mol. The van der Waals surface area contributed by atoms with Crippen molar-refractivity contribution in [2.24, 2.45) is 0 Å². The lowest BCUT2D eigenvalue weighted by Gasteiger charge is -2.31. The summed E-state index contributed by atoms with van der Waals surface area (Å²) in [5.74, 6) is 1.94. The van der Waals surface area contributed by atoms with Crippen molar-refractivity contribution in [1.82, 2.24) is 15.3 Å². The Morgan fingerprint density at radius 1 is 1.16 bits per heavy atom. The molecule has 1 aromatic carbocycles. The van der Waals surface area contributed by atoms with Gasteiger partial charge in [0.1, 0.15) is 17.9 Å². The normalized spacial score (nSPS) is 18.6. The Balaban J connectivity index is 1.56. The van der Waals surface area contributed by atoms with Gasteiger partial charge in [0.2, 0.25) is 0 Å². The van der Waals surface area contributed by atoms with E-state index in [2.05, 4.69) is 44.9 Å². The molecule has 0 saturated heterocycles. The molecule has 4 rings (SSSR count). The Bertz CT molecular complexity index is 723. The summed E-state index contributed by atoms with van der Waals surface area (Å²) >= 11 is 0. The van der Waals surface area contributed by atoms with Crippen molar-refractivity contribution >= 4 is 5.82 Å². The molecule has 1 aromatic heterocycles. The van der Waals surface area contributed by atoms with Crippen LogP contribution in [-0.4, -0.2) is 30.2 Å². The minimum absolute atomic E-state index is 0.191. The number of fused-ring (bicyclic) bond motifs is 1. The molecule has 0 unspecified atom stereocenters. The number of rotatable bonds is 5. The summed E-state index contributed by atoms with van der Waals surface area (Å²) in [6.45, 7) is 2.77. The van der Waals surface area contributed by atoms with Crippen LogP contribution >= 0.6 is 0 Å². The van der Waals surface area contributed by atoms with E-state index < -0.39 is 0 Å². The van der Waals surface area contributed by atoms with Gasteiger partial charge in [-0.1, -0.05) is 25.0 Å². The Kier molecular flexibility index (Phi) is 4.57. The van der Waals surface area contributed by atoms with E-state index in [-0.39, 0.29) is 5.41 Å². The molecular formula is C20H26N4O. The zero-order valence-electron chi connectivity index (χ0n) is 14.8. The van der Waals surface area contributed by atoms with Crippen molar-refractivity contribution in [3.63, 3.8) is 0 Å². The minimum atomic E-state index is 0.191. The van der Waals surface area contributed by atoms with Crippen LogP contribution in [0.25, 0.3) is 0 Å². The van der Waals surface area contributed by atoms with Crippen LogP contribution in [-0.2, 0) is 18.4 Å².